The molecule has 1 aliphatic heterocycles. The van der Waals surface area contributed by atoms with Gasteiger partial charge in [-0.2, -0.15) is 0 Å². The van der Waals surface area contributed by atoms with Crippen LogP contribution in [0.4, 0.5) is 0 Å². The Morgan fingerprint density at radius 1 is 1.00 bits per heavy atom. The van der Waals surface area contributed by atoms with Gasteiger partial charge in [-0.3, -0.25) is 19.8 Å². The second-order valence-corrected chi connectivity index (χ2v) is 5.85. The third-order valence-corrected chi connectivity index (χ3v) is 5.09. The van der Waals surface area contributed by atoms with Crippen molar-refractivity contribution in [2.24, 2.45) is 23.7 Å². The van der Waals surface area contributed by atoms with Gasteiger partial charge in [-0.1, -0.05) is 0 Å². The van der Waals surface area contributed by atoms with E-state index < -0.39 is 0 Å². The van der Waals surface area contributed by atoms with E-state index in [0.29, 0.717) is 19.1 Å². The van der Waals surface area contributed by atoms with Crippen molar-refractivity contribution in [2.45, 2.75) is 25.3 Å². The summed E-state index contributed by atoms with van der Waals surface area (Å²) in [7, 11) is 0. The van der Waals surface area contributed by atoms with Crippen molar-refractivity contribution in [1.82, 2.24) is 10.2 Å². The van der Waals surface area contributed by atoms with E-state index in [4.69, 9.17) is 0 Å². The zero-order valence-electron chi connectivity index (χ0n) is 9.19. The topological polar surface area (TPSA) is 49.4 Å². The van der Waals surface area contributed by atoms with Crippen molar-refractivity contribution in [3.8, 4) is 0 Å². The van der Waals surface area contributed by atoms with Gasteiger partial charge in [-0.15, -0.1) is 0 Å². The average Bonchev–Trinajstić information content (AvgIpc) is 2.67. The van der Waals surface area contributed by atoms with Crippen molar-refractivity contribution in [3.05, 3.63) is 0 Å². The van der Waals surface area contributed by atoms with Crippen LogP contribution in [0.1, 0.15) is 19.3 Å². The third-order valence-electron chi connectivity index (χ3n) is 5.09. The molecule has 1 heterocycles. The van der Waals surface area contributed by atoms with Crippen molar-refractivity contribution < 1.29 is 9.59 Å². The predicted octanol–water partition coefficient (Wildman–Crippen LogP) is -0.0107. The SMILES string of the molecule is O=C1CN(C2C3C4CCC(C4)C32)CC(=O)N1. The first-order chi connectivity index (χ1) is 7.74. The first-order valence-electron chi connectivity index (χ1n) is 6.31. The van der Waals surface area contributed by atoms with Crippen LogP contribution in [0.5, 0.6) is 0 Å². The zero-order chi connectivity index (χ0) is 10.9. The van der Waals surface area contributed by atoms with Crippen LogP contribution < -0.4 is 5.32 Å². The van der Waals surface area contributed by atoms with Crippen LogP contribution in [0.15, 0.2) is 0 Å². The molecule has 4 unspecified atom stereocenters. The number of nitrogens with zero attached hydrogens (tertiary/aromatic N) is 1. The minimum Gasteiger partial charge on any atom is -0.294 e. The number of hydrogen-bond donors (Lipinski definition) is 1. The van der Waals surface area contributed by atoms with Gasteiger partial charge in [-0.05, 0) is 42.9 Å². The number of piperazine rings is 1. The first-order valence-corrected chi connectivity index (χ1v) is 6.31. The Bertz CT molecular complexity index is 349. The molecule has 4 atom stereocenters. The summed E-state index contributed by atoms with van der Waals surface area (Å²) in [5.41, 5.74) is 0. The maximum atomic E-state index is 11.3. The molecule has 4 heteroatoms. The minimum absolute atomic E-state index is 0.117. The van der Waals surface area contributed by atoms with E-state index >= 15 is 0 Å². The number of carbonyl (C=O) groups excluding carboxylic acids is 2. The molecule has 3 saturated carbocycles. The fourth-order valence-electron chi connectivity index (χ4n) is 4.64. The van der Waals surface area contributed by atoms with Crippen molar-refractivity contribution in [3.63, 3.8) is 0 Å². The highest BCUT2D eigenvalue weighted by Crippen LogP contribution is 2.67. The van der Waals surface area contributed by atoms with E-state index in [1.165, 1.54) is 19.3 Å². The summed E-state index contributed by atoms with van der Waals surface area (Å²) in [5, 5.41) is 2.38. The molecule has 1 N–H and O–H groups in total. The highest BCUT2D eigenvalue weighted by molar-refractivity contribution is 5.99. The second-order valence-electron chi connectivity index (χ2n) is 5.85. The average molecular weight is 220 g/mol. The number of hydrogen-bond acceptors (Lipinski definition) is 3. The number of amides is 2. The van der Waals surface area contributed by atoms with Gasteiger partial charge in [0, 0.05) is 6.04 Å². The van der Waals surface area contributed by atoms with Crippen LogP contribution in [-0.4, -0.2) is 35.8 Å². The highest BCUT2D eigenvalue weighted by Gasteiger charge is 2.66. The smallest absolute Gasteiger partial charge is 0.240 e. The predicted molar refractivity (Wildman–Crippen MR) is 56.3 cm³/mol. The van der Waals surface area contributed by atoms with E-state index in [2.05, 4.69) is 10.2 Å². The molecule has 1 saturated heterocycles. The molecule has 0 aromatic rings. The van der Waals surface area contributed by atoms with Crippen molar-refractivity contribution in [1.29, 1.82) is 0 Å². The lowest BCUT2D eigenvalue weighted by molar-refractivity contribution is -0.136. The maximum absolute atomic E-state index is 11.3. The van der Waals surface area contributed by atoms with Crippen LogP contribution in [0, 0.1) is 23.7 Å². The van der Waals surface area contributed by atoms with Crippen LogP contribution in [0.3, 0.4) is 0 Å². The number of nitrogens with one attached hydrogen (secondary N) is 1. The number of carbonyl (C=O) groups is 2. The molecule has 4 nitrogen and oxygen atoms in total. The van der Waals surface area contributed by atoms with Gasteiger partial charge in [0.25, 0.3) is 0 Å². The van der Waals surface area contributed by atoms with Crippen LogP contribution in [-0.2, 0) is 9.59 Å². The molecule has 0 radical (unpaired) electrons. The summed E-state index contributed by atoms with van der Waals surface area (Å²) in [6.45, 7) is 0.867. The lowest BCUT2D eigenvalue weighted by atomic mass is 10.0. The fraction of sp³-hybridized carbons (Fsp3) is 0.833. The van der Waals surface area contributed by atoms with E-state index in [1.807, 2.05) is 0 Å². The van der Waals surface area contributed by atoms with Gasteiger partial charge >= 0.3 is 0 Å². The van der Waals surface area contributed by atoms with Gasteiger partial charge in [0.1, 0.15) is 0 Å². The number of imide groups is 1. The fourth-order valence-corrected chi connectivity index (χ4v) is 4.64. The zero-order valence-corrected chi connectivity index (χ0v) is 9.19. The second kappa shape index (κ2) is 2.86. The normalized spacial score (nSPS) is 50.4. The Morgan fingerprint density at radius 3 is 2.12 bits per heavy atom. The first kappa shape index (κ1) is 9.16. The summed E-state index contributed by atoms with van der Waals surface area (Å²) in [6, 6.07) is 0.557. The maximum Gasteiger partial charge on any atom is 0.240 e. The van der Waals surface area contributed by atoms with Gasteiger partial charge < -0.3 is 0 Å². The van der Waals surface area contributed by atoms with E-state index in [1.54, 1.807) is 0 Å². The molecular formula is C12H16N2O2. The Morgan fingerprint density at radius 2 is 1.56 bits per heavy atom. The lowest BCUT2D eigenvalue weighted by Gasteiger charge is -2.27. The summed E-state index contributed by atoms with van der Waals surface area (Å²) in [5.74, 6) is 3.21. The van der Waals surface area contributed by atoms with Crippen LogP contribution >= 0.6 is 0 Å². The van der Waals surface area contributed by atoms with Gasteiger partial charge in [-0.25, -0.2) is 0 Å². The Hall–Kier alpha value is -0.900. The lowest BCUT2D eigenvalue weighted by Crippen LogP contribution is -2.53. The Labute approximate surface area is 94.4 Å². The number of fused-ring (bicyclic) bond motifs is 5. The van der Waals surface area contributed by atoms with Gasteiger partial charge in [0.2, 0.25) is 11.8 Å². The molecule has 0 spiro atoms. The minimum atomic E-state index is -0.117. The highest BCUT2D eigenvalue weighted by atomic mass is 16.2. The molecule has 4 rings (SSSR count). The Balaban J connectivity index is 1.52. The molecule has 0 aromatic heterocycles. The molecule has 4 aliphatic rings. The quantitative estimate of drug-likeness (QED) is 0.632. The van der Waals surface area contributed by atoms with E-state index in [9.17, 15) is 9.59 Å². The third kappa shape index (κ3) is 1.08. The van der Waals surface area contributed by atoms with Crippen molar-refractivity contribution >= 4 is 11.8 Å². The number of rotatable bonds is 1. The standard InChI is InChI=1S/C12H16N2O2/c15-8-4-14(5-9(16)13-8)12-10-6-1-2-7(3-6)11(10)12/h6-7,10-12H,1-5H2,(H,13,15,16). The van der Waals surface area contributed by atoms with Crippen molar-refractivity contribution in [2.75, 3.05) is 13.1 Å². The summed E-state index contributed by atoms with van der Waals surface area (Å²) in [4.78, 5) is 24.8. The molecule has 2 amide bonds. The molecule has 16 heavy (non-hydrogen) atoms. The molecule has 3 aliphatic carbocycles. The van der Waals surface area contributed by atoms with Crippen LogP contribution in [0.2, 0.25) is 0 Å². The molecule has 2 bridgehead atoms. The van der Waals surface area contributed by atoms with E-state index in [0.717, 1.165) is 23.7 Å². The van der Waals surface area contributed by atoms with E-state index in [-0.39, 0.29) is 11.8 Å². The largest absolute Gasteiger partial charge is 0.294 e. The Kier molecular flexibility index (Phi) is 1.64. The monoisotopic (exact) mass is 220 g/mol. The molecule has 4 fully saturated rings. The summed E-state index contributed by atoms with van der Waals surface area (Å²) < 4.78 is 0. The van der Waals surface area contributed by atoms with Crippen LogP contribution in [0.25, 0.3) is 0 Å². The summed E-state index contributed by atoms with van der Waals surface area (Å²) in [6.07, 6.45) is 4.19. The molecular weight excluding hydrogens is 204 g/mol. The molecule has 0 aromatic carbocycles. The summed E-state index contributed by atoms with van der Waals surface area (Å²) >= 11 is 0. The molecule has 86 valence electrons. The van der Waals surface area contributed by atoms with Gasteiger partial charge in [0.05, 0.1) is 13.1 Å². The van der Waals surface area contributed by atoms with Gasteiger partial charge in [0.15, 0.2) is 0 Å².